The first-order chi connectivity index (χ1) is 20.5. The number of carboxylic acid groups (broad SMARTS) is 1. The number of anilines is 2. The van der Waals surface area contributed by atoms with Crippen LogP contribution < -0.4 is 16.0 Å². The second-order valence-corrected chi connectivity index (χ2v) is 10.9. The molecular formula is C32H34N6O3S. The lowest BCUT2D eigenvalue weighted by atomic mass is 10.0. The number of aliphatic carboxylic acids is 1. The first-order valence-corrected chi connectivity index (χ1v) is 15.1. The Balaban J connectivity index is 1.40. The van der Waals surface area contributed by atoms with E-state index in [0.29, 0.717) is 31.0 Å². The van der Waals surface area contributed by atoms with Gasteiger partial charge in [-0.25, -0.2) is 9.78 Å². The van der Waals surface area contributed by atoms with E-state index in [9.17, 15) is 14.7 Å². The van der Waals surface area contributed by atoms with E-state index < -0.39 is 17.9 Å². The summed E-state index contributed by atoms with van der Waals surface area (Å²) in [5.74, 6) is -0.860. The van der Waals surface area contributed by atoms with Crippen LogP contribution in [-0.4, -0.2) is 56.6 Å². The molecule has 0 unspecified atom stereocenters. The molecule has 5 N–H and O–H groups in total. The van der Waals surface area contributed by atoms with Gasteiger partial charge in [0.25, 0.3) is 5.91 Å². The number of aromatic nitrogens is 3. The Labute approximate surface area is 248 Å². The number of H-pyrrole nitrogens is 1. The van der Waals surface area contributed by atoms with Gasteiger partial charge in [0.05, 0.1) is 18.6 Å². The van der Waals surface area contributed by atoms with Crippen molar-refractivity contribution < 1.29 is 14.7 Å². The zero-order valence-corrected chi connectivity index (χ0v) is 24.4. The third-order valence-corrected chi connectivity index (χ3v) is 7.81. The van der Waals surface area contributed by atoms with Crippen LogP contribution in [0.3, 0.4) is 0 Å². The van der Waals surface area contributed by atoms with Crippen LogP contribution in [0.2, 0.25) is 0 Å². The van der Waals surface area contributed by atoms with Crippen molar-refractivity contribution in [1.29, 1.82) is 0 Å². The number of carboxylic acids is 1. The number of carbonyl (C=O) groups excluding carboxylic acids is 1. The number of hydrogen-bond donors (Lipinski definition) is 5. The Kier molecular flexibility index (Phi) is 9.13. The number of nitrogens with zero attached hydrogens (tertiary/aromatic N) is 2. The molecule has 3 aromatic carbocycles. The maximum Gasteiger partial charge on any atom is 0.326 e. The fourth-order valence-corrected chi connectivity index (χ4v) is 5.38. The molecule has 10 heteroatoms. The zero-order valence-electron chi connectivity index (χ0n) is 23.6. The smallest absolute Gasteiger partial charge is 0.326 e. The van der Waals surface area contributed by atoms with Crippen LogP contribution in [-0.2, 0) is 17.9 Å². The molecule has 1 amide bonds. The highest BCUT2D eigenvalue weighted by molar-refractivity contribution is 7.98. The van der Waals surface area contributed by atoms with Crippen molar-refractivity contribution in [2.75, 3.05) is 29.7 Å². The molecule has 2 aromatic heterocycles. The van der Waals surface area contributed by atoms with Crippen LogP contribution in [0.5, 0.6) is 0 Å². The number of rotatable bonds is 13. The van der Waals surface area contributed by atoms with E-state index >= 15 is 0 Å². The lowest BCUT2D eigenvalue weighted by Crippen LogP contribution is -2.41. The van der Waals surface area contributed by atoms with Crippen LogP contribution in [0.15, 0.2) is 85.3 Å². The quantitative estimate of drug-likeness (QED) is 0.121. The summed E-state index contributed by atoms with van der Waals surface area (Å²) in [7, 11) is 1.90. The topological polar surface area (TPSA) is 124 Å². The van der Waals surface area contributed by atoms with Crippen molar-refractivity contribution >= 4 is 45.9 Å². The fraction of sp³-hybridized carbons (Fsp3) is 0.219. The molecule has 5 rings (SSSR count). The molecule has 0 spiro atoms. The number of aromatic amines is 1. The van der Waals surface area contributed by atoms with Gasteiger partial charge in [0.2, 0.25) is 0 Å². The molecule has 0 aliphatic rings. The van der Waals surface area contributed by atoms with Crippen LogP contribution in [0, 0.1) is 0 Å². The van der Waals surface area contributed by atoms with Gasteiger partial charge in [-0.1, -0.05) is 42.5 Å². The van der Waals surface area contributed by atoms with Gasteiger partial charge in [0.15, 0.2) is 0 Å². The van der Waals surface area contributed by atoms with Crippen molar-refractivity contribution in [1.82, 2.24) is 19.9 Å². The second-order valence-electron chi connectivity index (χ2n) is 9.96. The highest BCUT2D eigenvalue weighted by Crippen LogP contribution is 2.34. The molecule has 216 valence electrons. The SMILES string of the molecule is CNc1ccc(Cn2cncc2CNc2ccc3[nH]c(C(=O)N[C@@H](CCSC)C(=O)O)c(-c4ccccc4)c3c2)cc1. The second kappa shape index (κ2) is 13.3. The summed E-state index contributed by atoms with van der Waals surface area (Å²) in [4.78, 5) is 32.9. The molecule has 0 aliphatic heterocycles. The van der Waals surface area contributed by atoms with Gasteiger partial charge in [-0.2, -0.15) is 11.8 Å². The number of nitrogens with one attached hydrogen (secondary N) is 4. The average Bonchev–Trinajstić information content (AvgIpc) is 3.62. The van der Waals surface area contributed by atoms with E-state index in [1.165, 1.54) is 5.56 Å². The standard InChI is InChI=1S/C32H34N6O3S/c1-33-23-10-8-21(9-11-23)19-38-20-34-17-25(38)18-35-24-12-13-27-26(16-24)29(22-6-4-3-5-7-22)30(36-27)31(39)37-28(32(40)41)14-15-42-2/h3-13,16-17,20,28,33,35-36H,14-15,18-19H2,1-2H3,(H,37,39)(H,40,41)/t28-/m0/s1. The number of carbonyl (C=O) groups is 2. The minimum absolute atomic E-state index is 0.339. The Bertz CT molecular complexity index is 1660. The summed E-state index contributed by atoms with van der Waals surface area (Å²) in [5, 5.41) is 19.9. The Morgan fingerprint density at radius 2 is 1.81 bits per heavy atom. The van der Waals surface area contributed by atoms with E-state index in [4.69, 9.17) is 0 Å². The molecule has 0 fully saturated rings. The predicted molar refractivity (Wildman–Crippen MR) is 170 cm³/mol. The van der Waals surface area contributed by atoms with E-state index in [2.05, 4.69) is 54.8 Å². The molecular weight excluding hydrogens is 548 g/mol. The Morgan fingerprint density at radius 1 is 1.05 bits per heavy atom. The van der Waals surface area contributed by atoms with Gasteiger partial charge in [0, 0.05) is 47.6 Å². The van der Waals surface area contributed by atoms with E-state index in [1.807, 2.05) is 74.4 Å². The minimum Gasteiger partial charge on any atom is -0.480 e. The number of amides is 1. The third-order valence-electron chi connectivity index (χ3n) is 7.17. The number of fused-ring (bicyclic) bond motifs is 1. The van der Waals surface area contributed by atoms with Crippen molar-refractivity contribution in [3.05, 3.63) is 102 Å². The summed E-state index contributed by atoms with van der Waals surface area (Å²) in [6.45, 7) is 1.27. The largest absolute Gasteiger partial charge is 0.480 e. The van der Waals surface area contributed by atoms with E-state index in [-0.39, 0.29) is 0 Å². The van der Waals surface area contributed by atoms with Crippen LogP contribution in [0.1, 0.15) is 28.2 Å². The van der Waals surface area contributed by atoms with Crippen LogP contribution >= 0.6 is 11.8 Å². The van der Waals surface area contributed by atoms with Gasteiger partial charge < -0.3 is 30.6 Å². The number of thioether (sulfide) groups is 1. The highest BCUT2D eigenvalue weighted by Gasteiger charge is 2.25. The molecule has 5 aromatic rings. The van der Waals surface area contributed by atoms with Gasteiger partial charge >= 0.3 is 5.97 Å². The van der Waals surface area contributed by atoms with Gasteiger partial charge in [-0.3, -0.25) is 4.79 Å². The van der Waals surface area contributed by atoms with Gasteiger partial charge in [-0.05, 0) is 59.9 Å². The number of imidazole rings is 1. The fourth-order valence-electron chi connectivity index (χ4n) is 4.90. The van der Waals surface area contributed by atoms with Gasteiger partial charge in [-0.15, -0.1) is 0 Å². The zero-order chi connectivity index (χ0) is 29.5. The van der Waals surface area contributed by atoms with E-state index in [0.717, 1.165) is 39.1 Å². The summed E-state index contributed by atoms with van der Waals surface area (Å²) in [5.41, 5.74) is 6.90. The van der Waals surface area contributed by atoms with E-state index in [1.54, 1.807) is 11.8 Å². The third kappa shape index (κ3) is 6.60. The van der Waals surface area contributed by atoms with Crippen molar-refractivity contribution in [2.45, 2.75) is 25.6 Å². The summed E-state index contributed by atoms with van der Waals surface area (Å²) < 4.78 is 2.12. The lowest BCUT2D eigenvalue weighted by Gasteiger charge is -2.14. The molecule has 42 heavy (non-hydrogen) atoms. The lowest BCUT2D eigenvalue weighted by molar-refractivity contribution is -0.139. The molecule has 0 saturated carbocycles. The Morgan fingerprint density at radius 3 is 2.52 bits per heavy atom. The molecule has 0 bridgehead atoms. The van der Waals surface area contributed by atoms with Crippen molar-refractivity contribution in [2.24, 2.45) is 0 Å². The molecule has 9 nitrogen and oxygen atoms in total. The van der Waals surface area contributed by atoms with Crippen molar-refractivity contribution in [3.8, 4) is 11.1 Å². The Hall–Kier alpha value is -4.70. The molecule has 0 saturated heterocycles. The monoisotopic (exact) mass is 582 g/mol. The predicted octanol–water partition coefficient (Wildman–Crippen LogP) is 5.67. The first kappa shape index (κ1) is 28.8. The normalized spacial score (nSPS) is 11.8. The highest BCUT2D eigenvalue weighted by atomic mass is 32.2. The molecule has 0 radical (unpaired) electrons. The summed E-state index contributed by atoms with van der Waals surface area (Å²) in [6.07, 6.45) is 5.95. The van der Waals surface area contributed by atoms with Crippen LogP contribution in [0.4, 0.5) is 11.4 Å². The number of hydrogen-bond acceptors (Lipinski definition) is 6. The maximum absolute atomic E-state index is 13.4. The maximum atomic E-state index is 13.4. The first-order valence-electron chi connectivity index (χ1n) is 13.7. The van der Waals surface area contributed by atoms with Crippen LogP contribution in [0.25, 0.3) is 22.0 Å². The molecule has 2 heterocycles. The summed E-state index contributed by atoms with van der Waals surface area (Å²) in [6, 6.07) is 22.9. The molecule has 1 atom stereocenters. The van der Waals surface area contributed by atoms with Gasteiger partial charge in [0.1, 0.15) is 11.7 Å². The number of benzene rings is 3. The van der Waals surface area contributed by atoms with Crippen molar-refractivity contribution in [3.63, 3.8) is 0 Å². The minimum atomic E-state index is -1.05. The molecule has 0 aliphatic carbocycles. The summed E-state index contributed by atoms with van der Waals surface area (Å²) >= 11 is 1.54. The average molecular weight is 583 g/mol.